The van der Waals surface area contributed by atoms with Gasteiger partial charge in [-0.25, -0.2) is 0 Å². The van der Waals surface area contributed by atoms with Crippen LogP contribution in [0.15, 0.2) is 59.4 Å². The quantitative estimate of drug-likeness (QED) is 0.583. The van der Waals surface area contributed by atoms with Gasteiger partial charge in [0.15, 0.2) is 0 Å². The molecular formula is C19H13N3O3. The summed E-state index contributed by atoms with van der Waals surface area (Å²) < 4.78 is 0. The molecule has 0 amide bonds. The topological polar surface area (TPSA) is 99.8 Å². The van der Waals surface area contributed by atoms with E-state index >= 15 is 0 Å². The summed E-state index contributed by atoms with van der Waals surface area (Å²) >= 11 is 0. The van der Waals surface area contributed by atoms with Crippen LogP contribution >= 0.6 is 0 Å². The van der Waals surface area contributed by atoms with E-state index < -0.39 is 10.5 Å². The van der Waals surface area contributed by atoms with Gasteiger partial charge in [-0.1, -0.05) is 36.4 Å². The first kappa shape index (κ1) is 16.1. The lowest BCUT2D eigenvalue weighted by Gasteiger charge is -2.10. The molecule has 1 heterocycles. The van der Waals surface area contributed by atoms with Crippen LogP contribution in [0.4, 0.5) is 5.69 Å². The number of pyridine rings is 1. The van der Waals surface area contributed by atoms with Crippen molar-refractivity contribution in [2.24, 2.45) is 0 Å². The molecule has 0 atom stereocenters. The molecular weight excluding hydrogens is 318 g/mol. The highest BCUT2D eigenvalue weighted by Gasteiger charge is 2.15. The number of H-pyrrole nitrogens is 1. The molecule has 0 radical (unpaired) electrons. The smallest absolute Gasteiger partial charge is 0.270 e. The van der Waals surface area contributed by atoms with Crippen LogP contribution < -0.4 is 5.56 Å². The minimum absolute atomic E-state index is 0.0171. The van der Waals surface area contributed by atoms with Crippen molar-refractivity contribution in [2.75, 3.05) is 0 Å². The van der Waals surface area contributed by atoms with E-state index in [0.717, 1.165) is 11.1 Å². The molecule has 1 aromatic heterocycles. The zero-order valence-corrected chi connectivity index (χ0v) is 13.3. The highest BCUT2D eigenvalue weighted by molar-refractivity contribution is 5.77. The molecule has 0 aliphatic rings. The Balaban J connectivity index is 2.27. The van der Waals surface area contributed by atoms with E-state index in [0.29, 0.717) is 16.8 Å². The third-order valence-electron chi connectivity index (χ3n) is 3.95. The van der Waals surface area contributed by atoms with Crippen molar-refractivity contribution in [3.05, 3.63) is 86.2 Å². The zero-order valence-electron chi connectivity index (χ0n) is 13.3. The lowest BCUT2D eigenvalue weighted by atomic mass is 9.96. The van der Waals surface area contributed by atoms with E-state index in [4.69, 9.17) is 0 Å². The standard InChI is InChI=1S/C19H13N3O3/c1-12-5-2-3-8-15(12)16-10-18(21-19(23)17(16)11-20)13-6-4-7-14(9-13)22(24)25/h2-10H,1H3,(H,21,23). The van der Waals surface area contributed by atoms with Gasteiger partial charge in [0.25, 0.3) is 11.2 Å². The summed E-state index contributed by atoms with van der Waals surface area (Å²) in [6.07, 6.45) is 0. The van der Waals surface area contributed by atoms with Crippen molar-refractivity contribution >= 4 is 5.69 Å². The number of benzene rings is 2. The van der Waals surface area contributed by atoms with Crippen LogP contribution in [0, 0.1) is 28.4 Å². The molecule has 3 aromatic rings. The molecule has 0 fully saturated rings. The summed E-state index contributed by atoms with van der Waals surface area (Å²) in [6.45, 7) is 1.89. The molecule has 6 heteroatoms. The van der Waals surface area contributed by atoms with Crippen molar-refractivity contribution in [2.45, 2.75) is 6.92 Å². The number of aromatic amines is 1. The second kappa shape index (κ2) is 6.42. The fourth-order valence-electron chi connectivity index (χ4n) is 2.70. The number of nitrogens with zero attached hydrogens (tertiary/aromatic N) is 2. The van der Waals surface area contributed by atoms with Crippen LogP contribution in [0.3, 0.4) is 0 Å². The molecule has 0 aliphatic carbocycles. The maximum atomic E-state index is 12.4. The first-order valence-electron chi connectivity index (χ1n) is 7.49. The van der Waals surface area contributed by atoms with Gasteiger partial charge in [-0.05, 0) is 24.1 Å². The molecule has 0 saturated heterocycles. The summed E-state index contributed by atoms with van der Waals surface area (Å²) in [5.41, 5.74) is 2.56. The number of aromatic nitrogens is 1. The van der Waals surface area contributed by atoms with Crippen LogP contribution in [0.1, 0.15) is 11.1 Å². The maximum Gasteiger partial charge on any atom is 0.270 e. The van der Waals surface area contributed by atoms with E-state index in [1.807, 2.05) is 37.3 Å². The molecule has 2 aromatic carbocycles. The number of non-ortho nitro benzene ring substituents is 1. The van der Waals surface area contributed by atoms with Gasteiger partial charge in [-0.2, -0.15) is 5.26 Å². The number of nitriles is 1. The Hall–Kier alpha value is -3.72. The minimum Gasteiger partial charge on any atom is -0.321 e. The van der Waals surface area contributed by atoms with Crippen LogP contribution in [0.25, 0.3) is 22.4 Å². The Labute approximate surface area is 143 Å². The summed E-state index contributed by atoms with van der Waals surface area (Å²) in [6, 6.07) is 17.1. The van der Waals surface area contributed by atoms with Crippen LogP contribution in [-0.2, 0) is 0 Å². The Morgan fingerprint density at radius 1 is 1.08 bits per heavy atom. The van der Waals surface area contributed by atoms with Crippen LogP contribution in [-0.4, -0.2) is 9.91 Å². The Morgan fingerprint density at radius 2 is 1.84 bits per heavy atom. The molecule has 1 N–H and O–H groups in total. The second-order valence-corrected chi connectivity index (χ2v) is 5.53. The molecule has 122 valence electrons. The predicted octanol–water partition coefficient (Wildman–Crippen LogP) is 3.80. The van der Waals surface area contributed by atoms with Crippen molar-refractivity contribution in [3.63, 3.8) is 0 Å². The normalized spacial score (nSPS) is 10.2. The SMILES string of the molecule is Cc1ccccc1-c1cc(-c2cccc([N+](=O)[O-])c2)[nH]c(=O)c1C#N. The number of aryl methyl sites for hydroxylation is 1. The number of nitro benzene ring substituents is 1. The highest BCUT2D eigenvalue weighted by atomic mass is 16.6. The first-order valence-corrected chi connectivity index (χ1v) is 7.49. The van der Waals surface area contributed by atoms with E-state index in [1.165, 1.54) is 12.1 Å². The molecule has 0 unspecified atom stereocenters. The van der Waals surface area contributed by atoms with Gasteiger partial charge in [0.1, 0.15) is 11.6 Å². The van der Waals surface area contributed by atoms with Crippen LogP contribution in [0.5, 0.6) is 0 Å². The van der Waals surface area contributed by atoms with E-state index in [2.05, 4.69) is 4.98 Å². The summed E-state index contributed by atoms with van der Waals surface area (Å²) in [5.74, 6) is 0. The van der Waals surface area contributed by atoms with E-state index in [1.54, 1.807) is 18.2 Å². The Bertz CT molecular complexity index is 1080. The highest BCUT2D eigenvalue weighted by Crippen LogP contribution is 2.29. The number of nitrogens with one attached hydrogen (secondary N) is 1. The van der Waals surface area contributed by atoms with Crippen molar-refractivity contribution in [1.82, 2.24) is 4.98 Å². The largest absolute Gasteiger partial charge is 0.321 e. The molecule has 3 rings (SSSR count). The Morgan fingerprint density at radius 3 is 2.52 bits per heavy atom. The fourth-order valence-corrected chi connectivity index (χ4v) is 2.70. The fraction of sp³-hybridized carbons (Fsp3) is 0.0526. The van der Waals surface area contributed by atoms with Crippen molar-refractivity contribution < 1.29 is 4.92 Å². The number of nitro groups is 1. The molecule has 0 saturated carbocycles. The zero-order chi connectivity index (χ0) is 18.0. The summed E-state index contributed by atoms with van der Waals surface area (Å²) in [4.78, 5) is 25.5. The average molecular weight is 331 g/mol. The predicted molar refractivity (Wildman–Crippen MR) is 94.0 cm³/mol. The minimum atomic E-state index is -0.523. The van der Waals surface area contributed by atoms with Gasteiger partial charge in [0, 0.05) is 29.0 Å². The van der Waals surface area contributed by atoms with Gasteiger partial charge in [0.2, 0.25) is 0 Å². The van der Waals surface area contributed by atoms with Gasteiger partial charge in [0.05, 0.1) is 4.92 Å². The molecule has 6 nitrogen and oxygen atoms in total. The number of hydrogen-bond donors (Lipinski definition) is 1. The summed E-state index contributed by atoms with van der Waals surface area (Å²) in [5, 5.41) is 20.3. The van der Waals surface area contributed by atoms with Gasteiger partial charge in [-0.15, -0.1) is 0 Å². The lowest BCUT2D eigenvalue weighted by Crippen LogP contribution is -2.13. The third kappa shape index (κ3) is 3.03. The van der Waals surface area contributed by atoms with Crippen molar-refractivity contribution in [3.8, 4) is 28.5 Å². The molecule has 0 bridgehead atoms. The monoisotopic (exact) mass is 331 g/mol. The average Bonchev–Trinajstić information content (AvgIpc) is 2.61. The van der Waals surface area contributed by atoms with Crippen LogP contribution in [0.2, 0.25) is 0 Å². The van der Waals surface area contributed by atoms with Crippen molar-refractivity contribution in [1.29, 1.82) is 5.26 Å². The van der Waals surface area contributed by atoms with Gasteiger partial charge in [-0.3, -0.25) is 14.9 Å². The maximum absolute atomic E-state index is 12.4. The number of hydrogen-bond acceptors (Lipinski definition) is 4. The first-order chi connectivity index (χ1) is 12.0. The molecule has 25 heavy (non-hydrogen) atoms. The summed E-state index contributed by atoms with van der Waals surface area (Å²) in [7, 11) is 0. The number of rotatable bonds is 3. The van der Waals surface area contributed by atoms with Gasteiger partial charge < -0.3 is 4.98 Å². The Kier molecular flexibility index (Phi) is 4.14. The molecule has 0 spiro atoms. The molecule has 0 aliphatic heterocycles. The van der Waals surface area contributed by atoms with E-state index in [-0.39, 0.29) is 11.3 Å². The van der Waals surface area contributed by atoms with E-state index in [9.17, 15) is 20.2 Å². The lowest BCUT2D eigenvalue weighted by molar-refractivity contribution is -0.384. The van der Waals surface area contributed by atoms with Gasteiger partial charge >= 0.3 is 0 Å². The third-order valence-corrected chi connectivity index (χ3v) is 3.95. The second-order valence-electron chi connectivity index (χ2n) is 5.53.